The minimum absolute atomic E-state index is 0.00708. The summed E-state index contributed by atoms with van der Waals surface area (Å²) in [5.74, 6) is -0.448. The molecule has 0 saturated heterocycles. The molecule has 110 valence electrons. The van der Waals surface area contributed by atoms with E-state index in [9.17, 15) is 18.3 Å². The molecule has 2 N–H and O–H groups in total. The van der Waals surface area contributed by atoms with Gasteiger partial charge in [-0.2, -0.15) is 0 Å². The predicted molar refractivity (Wildman–Crippen MR) is 74.7 cm³/mol. The smallest absolute Gasteiger partial charge is 0.252 e. The van der Waals surface area contributed by atoms with Crippen LogP contribution in [0.2, 0.25) is 0 Å². The molecule has 0 aliphatic heterocycles. The first-order valence-corrected chi connectivity index (χ1v) is 8.40. The van der Waals surface area contributed by atoms with Gasteiger partial charge in [0.1, 0.15) is 5.60 Å². The lowest BCUT2D eigenvalue weighted by Gasteiger charge is -2.22. The van der Waals surface area contributed by atoms with Crippen molar-refractivity contribution in [3.63, 3.8) is 0 Å². The second kappa shape index (κ2) is 5.18. The molecule has 5 nitrogen and oxygen atoms in total. The third kappa shape index (κ3) is 3.19. The Hall–Kier alpha value is -1.40. The molecular formula is C14H19NO4S. The fourth-order valence-electron chi connectivity index (χ4n) is 2.20. The molecule has 1 unspecified atom stereocenters. The van der Waals surface area contributed by atoms with Crippen LogP contribution in [0.5, 0.6) is 0 Å². The highest BCUT2D eigenvalue weighted by molar-refractivity contribution is 7.90. The van der Waals surface area contributed by atoms with E-state index >= 15 is 0 Å². The first kappa shape index (κ1) is 15.0. The Kier molecular flexibility index (Phi) is 3.88. The quantitative estimate of drug-likeness (QED) is 0.844. The molecule has 1 aliphatic rings. The van der Waals surface area contributed by atoms with Gasteiger partial charge in [-0.05, 0) is 37.3 Å². The summed E-state index contributed by atoms with van der Waals surface area (Å²) in [6.07, 6.45) is 2.83. The normalized spacial score (nSPS) is 18.4. The number of sulfone groups is 1. The maximum Gasteiger partial charge on any atom is 0.252 e. The van der Waals surface area contributed by atoms with E-state index in [1.165, 1.54) is 13.0 Å². The third-order valence-electron chi connectivity index (χ3n) is 3.64. The Morgan fingerprint density at radius 3 is 2.55 bits per heavy atom. The zero-order chi connectivity index (χ0) is 15.0. The van der Waals surface area contributed by atoms with Crippen LogP contribution in [0.1, 0.15) is 25.3 Å². The summed E-state index contributed by atoms with van der Waals surface area (Å²) in [5, 5.41) is 12.7. The lowest BCUT2D eigenvalue weighted by Crippen LogP contribution is -2.45. The highest BCUT2D eigenvalue weighted by Gasteiger charge is 2.45. The maximum atomic E-state index is 12.0. The highest BCUT2D eigenvalue weighted by atomic mass is 32.2. The molecule has 1 atom stereocenters. The van der Waals surface area contributed by atoms with E-state index < -0.39 is 21.3 Å². The summed E-state index contributed by atoms with van der Waals surface area (Å²) in [5.41, 5.74) is -0.852. The van der Waals surface area contributed by atoms with Gasteiger partial charge >= 0.3 is 0 Å². The molecule has 1 saturated carbocycles. The minimum Gasteiger partial charge on any atom is -0.380 e. The van der Waals surface area contributed by atoms with Crippen molar-refractivity contribution in [1.82, 2.24) is 5.32 Å². The van der Waals surface area contributed by atoms with E-state index in [-0.39, 0.29) is 17.4 Å². The van der Waals surface area contributed by atoms with Crippen LogP contribution in [-0.2, 0) is 21.2 Å². The molecular weight excluding hydrogens is 278 g/mol. The molecule has 0 spiro atoms. The largest absolute Gasteiger partial charge is 0.380 e. The van der Waals surface area contributed by atoms with E-state index in [0.717, 1.165) is 19.1 Å². The fraction of sp³-hybridized carbons (Fsp3) is 0.500. The number of hydrogen-bond acceptors (Lipinski definition) is 4. The molecule has 2 rings (SSSR count). The second-order valence-electron chi connectivity index (χ2n) is 5.48. The second-order valence-corrected chi connectivity index (χ2v) is 7.47. The van der Waals surface area contributed by atoms with E-state index in [1.54, 1.807) is 18.2 Å². The van der Waals surface area contributed by atoms with Crippen LogP contribution >= 0.6 is 0 Å². The van der Waals surface area contributed by atoms with Crippen molar-refractivity contribution in [3.05, 3.63) is 29.8 Å². The summed E-state index contributed by atoms with van der Waals surface area (Å²) < 4.78 is 23.3. The van der Waals surface area contributed by atoms with Crippen molar-refractivity contribution in [1.29, 1.82) is 0 Å². The number of carbonyl (C=O) groups excluding carboxylic acids is 1. The van der Waals surface area contributed by atoms with Crippen LogP contribution in [0.15, 0.2) is 29.2 Å². The minimum atomic E-state index is -3.33. The first-order chi connectivity index (χ1) is 9.23. The van der Waals surface area contributed by atoms with Crippen molar-refractivity contribution in [3.8, 4) is 0 Å². The molecule has 1 aromatic rings. The van der Waals surface area contributed by atoms with Gasteiger partial charge in [0.2, 0.25) is 0 Å². The number of rotatable bonds is 5. The average molecular weight is 297 g/mol. The van der Waals surface area contributed by atoms with E-state index in [1.807, 2.05) is 0 Å². The summed E-state index contributed by atoms with van der Waals surface area (Å²) >= 11 is 0. The SMILES string of the molecule is CC(O)(C(=O)NCc1ccccc1S(C)(=O)=O)C1CC1. The Morgan fingerprint density at radius 1 is 1.40 bits per heavy atom. The van der Waals surface area contributed by atoms with Crippen LogP contribution in [-0.4, -0.2) is 31.3 Å². The summed E-state index contributed by atoms with van der Waals surface area (Å²) in [6.45, 7) is 1.59. The Labute approximate surface area is 118 Å². The van der Waals surface area contributed by atoms with Crippen LogP contribution < -0.4 is 5.32 Å². The Balaban J connectivity index is 2.10. The van der Waals surface area contributed by atoms with E-state index in [0.29, 0.717) is 5.56 Å². The molecule has 20 heavy (non-hydrogen) atoms. The van der Waals surface area contributed by atoms with Gasteiger partial charge in [-0.1, -0.05) is 18.2 Å². The van der Waals surface area contributed by atoms with E-state index in [4.69, 9.17) is 0 Å². The van der Waals surface area contributed by atoms with Crippen LogP contribution in [0.25, 0.3) is 0 Å². The number of nitrogens with one attached hydrogen (secondary N) is 1. The molecule has 0 radical (unpaired) electrons. The average Bonchev–Trinajstić information content (AvgIpc) is 3.19. The van der Waals surface area contributed by atoms with Gasteiger partial charge in [0.05, 0.1) is 4.90 Å². The van der Waals surface area contributed by atoms with Gasteiger partial charge in [-0.3, -0.25) is 4.79 Å². The maximum absolute atomic E-state index is 12.0. The van der Waals surface area contributed by atoms with Crippen molar-refractivity contribution < 1.29 is 18.3 Å². The predicted octanol–water partition coefficient (Wildman–Crippen LogP) is 0.867. The topological polar surface area (TPSA) is 83.5 Å². The van der Waals surface area contributed by atoms with Gasteiger partial charge < -0.3 is 10.4 Å². The Bertz CT molecular complexity index is 618. The number of aliphatic hydroxyl groups is 1. The standard InChI is InChI=1S/C14H19NO4S/c1-14(17,11-7-8-11)13(16)15-9-10-5-3-4-6-12(10)20(2,18)19/h3-6,11,17H,7-9H2,1-2H3,(H,15,16). The molecule has 1 aromatic carbocycles. The summed E-state index contributed by atoms with van der Waals surface area (Å²) in [6, 6.07) is 6.52. The molecule has 0 heterocycles. The molecule has 0 bridgehead atoms. The number of hydrogen-bond donors (Lipinski definition) is 2. The van der Waals surface area contributed by atoms with Crippen LogP contribution in [0, 0.1) is 5.92 Å². The van der Waals surface area contributed by atoms with Crippen molar-refractivity contribution in [2.24, 2.45) is 5.92 Å². The van der Waals surface area contributed by atoms with Crippen molar-refractivity contribution in [2.45, 2.75) is 36.8 Å². The van der Waals surface area contributed by atoms with Gasteiger partial charge in [0, 0.05) is 12.8 Å². The summed E-state index contributed by atoms with van der Waals surface area (Å²) in [7, 11) is -3.33. The van der Waals surface area contributed by atoms with Gasteiger partial charge in [-0.25, -0.2) is 8.42 Å². The Morgan fingerprint density at radius 2 is 2.00 bits per heavy atom. The number of amides is 1. The third-order valence-corrected chi connectivity index (χ3v) is 4.84. The van der Waals surface area contributed by atoms with Gasteiger partial charge in [0.15, 0.2) is 9.84 Å². The molecule has 1 amide bonds. The zero-order valence-corrected chi connectivity index (χ0v) is 12.4. The molecule has 6 heteroatoms. The first-order valence-electron chi connectivity index (χ1n) is 6.51. The lowest BCUT2D eigenvalue weighted by molar-refractivity contribution is -0.140. The highest BCUT2D eigenvalue weighted by Crippen LogP contribution is 2.39. The van der Waals surface area contributed by atoms with Gasteiger partial charge in [0.25, 0.3) is 5.91 Å². The summed E-state index contributed by atoms with van der Waals surface area (Å²) in [4.78, 5) is 12.2. The van der Waals surface area contributed by atoms with Crippen molar-refractivity contribution in [2.75, 3.05) is 6.26 Å². The number of carbonyl (C=O) groups is 1. The van der Waals surface area contributed by atoms with Crippen molar-refractivity contribution >= 4 is 15.7 Å². The monoisotopic (exact) mass is 297 g/mol. The molecule has 0 aromatic heterocycles. The fourth-order valence-corrected chi connectivity index (χ4v) is 3.14. The number of benzene rings is 1. The van der Waals surface area contributed by atoms with Crippen LogP contribution in [0.3, 0.4) is 0 Å². The van der Waals surface area contributed by atoms with Gasteiger partial charge in [-0.15, -0.1) is 0 Å². The zero-order valence-electron chi connectivity index (χ0n) is 11.6. The van der Waals surface area contributed by atoms with E-state index in [2.05, 4.69) is 5.32 Å². The molecule has 1 aliphatic carbocycles. The van der Waals surface area contributed by atoms with Crippen LogP contribution in [0.4, 0.5) is 0 Å². The lowest BCUT2D eigenvalue weighted by atomic mass is 9.99. The molecule has 1 fully saturated rings.